The number of benzene rings is 2. The molecule has 0 spiro atoms. The lowest BCUT2D eigenvalue weighted by atomic mass is 9.70. The van der Waals surface area contributed by atoms with Gasteiger partial charge in [0, 0.05) is 5.92 Å². The maximum atomic E-state index is 4.06. The minimum atomic E-state index is 0.398. The molecule has 2 aromatic rings. The quantitative estimate of drug-likeness (QED) is 0.685. The smallest absolute Gasteiger partial charge is 0.0358 e. The molecule has 5 rings (SSSR count). The molecule has 0 saturated carbocycles. The molecule has 1 unspecified atom stereocenters. The summed E-state index contributed by atoms with van der Waals surface area (Å²) in [5.41, 5.74) is 8.29. The predicted octanol–water partition coefficient (Wildman–Crippen LogP) is 3.48. The summed E-state index contributed by atoms with van der Waals surface area (Å²) in [5, 5.41) is 2.42. The molecule has 0 radical (unpaired) electrons. The number of fused-ring (bicyclic) bond motifs is 1. The maximum Gasteiger partial charge on any atom is 0.0358 e. The van der Waals surface area contributed by atoms with Crippen molar-refractivity contribution in [3.8, 4) is 0 Å². The van der Waals surface area contributed by atoms with Crippen molar-refractivity contribution in [1.29, 1.82) is 0 Å². The number of allylic oxidation sites excluding steroid dienone is 3. The van der Waals surface area contributed by atoms with Crippen LogP contribution in [0, 0.1) is 0 Å². The van der Waals surface area contributed by atoms with Gasteiger partial charge in [-0.2, -0.15) is 0 Å². The second-order valence-electron chi connectivity index (χ2n) is 5.97. The Morgan fingerprint density at radius 3 is 2.48 bits per heavy atom. The summed E-state index contributed by atoms with van der Waals surface area (Å²) in [7, 11) is 0. The normalized spacial score (nSPS) is 19.9. The zero-order valence-electron chi connectivity index (χ0n) is 11.6. The Bertz CT molecular complexity index is 997. The van der Waals surface area contributed by atoms with Crippen LogP contribution in [0.25, 0.3) is 30.4 Å². The minimum absolute atomic E-state index is 0.398. The van der Waals surface area contributed by atoms with Crippen molar-refractivity contribution in [1.82, 2.24) is 0 Å². The van der Waals surface area contributed by atoms with Gasteiger partial charge < -0.3 is 0 Å². The van der Waals surface area contributed by atoms with E-state index in [-0.39, 0.29) is 0 Å². The van der Waals surface area contributed by atoms with Crippen molar-refractivity contribution in [2.45, 2.75) is 5.92 Å². The Morgan fingerprint density at radius 1 is 0.810 bits per heavy atom. The first-order valence-electron chi connectivity index (χ1n) is 7.35. The fraction of sp³-hybridized carbons (Fsp3) is 0.0476. The highest BCUT2D eigenvalue weighted by Gasteiger charge is 2.30. The highest BCUT2D eigenvalue weighted by molar-refractivity contribution is 5.91. The maximum absolute atomic E-state index is 4.06. The van der Waals surface area contributed by atoms with Gasteiger partial charge in [0.15, 0.2) is 0 Å². The van der Waals surface area contributed by atoms with Gasteiger partial charge in [-0.15, -0.1) is 0 Å². The molecule has 21 heavy (non-hydrogen) atoms. The highest BCUT2D eigenvalue weighted by Crippen LogP contribution is 2.46. The van der Waals surface area contributed by atoms with E-state index >= 15 is 0 Å². The first-order chi connectivity index (χ1) is 10.3. The largest absolute Gasteiger partial charge is 0.0917 e. The fourth-order valence-electron chi connectivity index (χ4n) is 3.84. The van der Waals surface area contributed by atoms with Crippen LogP contribution in [0.2, 0.25) is 0 Å². The zero-order chi connectivity index (χ0) is 14.0. The fourth-order valence-corrected chi connectivity index (χ4v) is 3.84. The number of hydrogen-bond acceptors (Lipinski definition) is 0. The van der Waals surface area contributed by atoms with Crippen molar-refractivity contribution in [3.63, 3.8) is 0 Å². The SMILES string of the molecule is C=c1ccc2c(c1)C=C1C=Cc3cccc4c3C1C=2C=C4. The molecule has 3 aliphatic rings. The van der Waals surface area contributed by atoms with E-state index in [2.05, 4.69) is 73.4 Å². The topological polar surface area (TPSA) is 0 Å². The van der Waals surface area contributed by atoms with E-state index in [0.717, 1.165) is 5.22 Å². The second kappa shape index (κ2) is 3.73. The van der Waals surface area contributed by atoms with Crippen LogP contribution in [-0.2, 0) is 0 Å². The first-order valence-corrected chi connectivity index (χ1v) is 7.35. The van der Waals surface area contributed by atoms with Gasteiger partial charge in [0.05, 0.1) is 0 Å². The average molecular weight is 266 g/mol. The predicted molar refractivity (Wildman–Crippen MR) is 89.9 cm³/mol. The first kappa shape index (κ1) is 11.1. The standard InChI is InChI=1S/C21H14/c1-13-5-9-18-17(11-13)12-16-7-6-14-3-2-4-15-8-10-19(18)21(16)20(14)15/h2-12,21H,1H2. The third-order valence-electron chi connectivity index (χ3n) is 4.75. The Balaban J connectivity index is 1.96. The highest BCUT2D eigenvalue weighted by atomic mass is 14.3. The van der Waals surface area contributed by atoms with Gasteiger partial charge in [0.1, 0.15) is 0 Å². The molecule has 0 aliphatic heterocycles. The van der Waals surface area contributed by atoms with Gasteiger partial charge in [-0.25, -0.2) is 0 Å². The Morgan fingerprint density at radius 2 is 1.62 bits per heavy atom. The molecule has 0 N–H and O–H groups in total. The van der Waals surface area contributed by atoms with Crippen LogP contribution >= 0.6 is 0 Å². The van der Waals surface area contributed by atoms with Gasteiger partial charge in [0.2, 0.25) is 0 Å². The molecule has 0 saturated heterocycles. The molecular weight excluding hydrogens is 252 g/mol. The number of hydrogen-bond donors (Lipinski definition) is 0. The van der Waals surface area contributed by atoms with E-state index in [9.17, 15) is 0 Å². The van der Waals surface area contributed by atoms with Gasteiger partial charge in [-0.3, -0.25) is 0 Å². The summed E-state index contributed by atoms with van der Waals surface area (Å²) in [6.07, 6.45) is 11.4. The van der Waals surface area contributed by atoms with E-state index in [1.165, 1.54) is 38.6 Å². The molecule has 0 bridgehead atoms. The molecule has 0 aromatic heterocycles. The van der Waals surface area contributed by atoms with E-state index in [4.69, 9.17) is 0 Å². The Hall–Kier alpha value is -2.60. The molecule has 0 fully saturated rings. The van der Waals surface area contributed by atoms with Crippen LogP contribution < -0.4 is 10.4 Å². The lowest BCUT2D eigenvalue weighted by molar-refractivity contribution is 1.01. The average Bonchev–Trinajstić information content (AvgIpc) is 2.51. The Labute approximate surface area is 123 Å². The summed E-state index contributed by atoms with van der Waals surface area (Å²) >= 11 is 0. The van der Waals surface area contributed by atoms with Gasteiger partial charge in [0.25, 0.3) is 0 Å². The van der Waals surface area contributed by atoms with Crippen LogP contribution in [-0.4, -0.2) is 0 Å². The summed E-state index contributed by atoms with van der Waals surface area (Å²) in [6, 6.07) is 13.1. The van der Waals surface area contributed by atoms with Crippen LogP contribution in [0.3, 0.4) is 0 Å². The lowest BCUT2D eigenvalue weighted by Crippen LogP contribution is -2.25. The summed E-state index contributed by atoms with van der Waals surface area (Å²) in [5.74, 6) is 0.398. The van der Waals surface area contributed by atoms with Crippen LogP contribution in [0.1, 0.15) is 28.2 Å². The van der Waals surface area contributed by atoms with E-state index in [1.807, 2.05) is 0 Å². The molecule has 1 atom stereocenters. The zero-order valence-corrected chi connectivity index (χ0v) is 11.6. The van der Waals surface area contributed by atoms with E-state index < -0.39 is 0 Å². The van der Waals surface area contributed by atoms with E-state index in [1.54, 1.807) is 0 Å². The van der Waals surface area contributed by atoms with Crippen molar-refractivity contribution in [2.75, 3.05) is 0 Å². The van der Waals surface area contributed by atoms with Gasteiger partial charge >= 0.3 is 0 Å². The van der Waals surface area contributed by atoms with Crippen LogP contribution in [0.4, 0.5) is 0 Å². The molecule has 2 aromatic carbocycles. The molecule has 3 aliphatic carbocycles. The molecule has 0 heteroatoms. The van der Waals surface area contributed by atoms with Gasteiger partial charge in [-0.1, -0.05) is 67.3 Å². The Kier molecular flexibility index (Phi) is 1.97. The molecule has 0 amide bonds. The molecule has 0 nitrogen and oxygen atoms in total. The summed E-state index contributed by atoms with van der Waals surface area (Å²) in [4.78, 5) is 0. The third kappa shape index (κ3) is 1.39. The lowest BCUT2D eigenvalue weighted by Gasteiger charge is -2.33. The molecule has 0 heterocycles. The van der Waals surface area contributed by atoms with Crippen molar-refractivity contribution in [3.05, 3.63) is 86.8 Å². The van der Waals surface area contributed by atoms with Crippen LogP contribution in [0.15, 0.2) is 54.1 Å². The van der Waals surface area contributed by atoms with Crippen molar-refractivity contribution < 1.29 is 0 Å². The third-order valence-corrected chi connectivity index (χ3v) is 4.75. The van der Waals surface area contributed by atoms with Crippen LogP contribution in [0.5, 0.6) is 0 Å². The van der Waals surface area contributed by atoms with Crippen molar-refractivity contribution in [2.24, 2.45) is 0 Å². The number of rotatable bonds is 0. The van der Waals surface area contributed by atoms with Gasteiger partial charge in [-0.05, 0) is 49.9 Å². The van der Waals surface area contributed by atoms with E-state index in [0.29, 0.717) is 5.92 Å². The minimum Gasteiger partial charge on any atom is -0.0917 e. The molecule has 98 valence electrons. The monoisotopic (exact) mass is 266 g/mol. The summed E-state index contributed by atoms with van der Waals surface area (Å²) in [6.45, 7) is 4.06. The van der Waals surface area contributed by atoms with Crippen molar-refractivity contribution >= 4 is 30.4 Å². The summed E-state index contributed by atoms with van der Waals surface area (Å²) < 4.78 is 0. The molecular formula is C21H14. The second-order valence-corrected chi connectivity index (χ2v) is 5.97.